The molecule has 1 atom stereocenters. The Labute approximate surface area is 218 Å². The summed E-state index contributed by atoms with van der Waals surface area (Å²) in [7, 11) is 3.44. The molecule has 0 radical (unpaired) electrons. The van der Waals surface area contributed by atoms with Gasteiger partial charge in [0, 0.05) is 52.7 Å². The average molecular weight is 509 g/mol. The van der Waals surface area contributed by atoms with Crippen LogP contribution in [0.25, 0.3) is 0 Å². The van der Waals surface area contributed by atoms with Crippen LogP contribution in [0.5, 0.6) is 11.5 Å². The van der Waals surface area contributed by atoms with Crippen molar-refractivity contribution in [2.45, 2.75) is 25.7 Å². The lowest BCUT2D eigenvalue weighted by Crippen LogP contribution is -2.52. The average Bonchev–Trinajstić information content (AvgIpc) is 3.22. The molecule has 9 heteroatoms. The Balaban J connectivity index is 1.41. The molecule has 1 aromatic heterocycles. The fraction of sp³-hybridized carbons (Fsp3) is 0.429. The summed E-state index contributed by atoms with van der Waals surface area (Å²) in [5, 5.41) is 11.6. The van der Waals surface area contributed by atoms with Gasteiger partial charge >= 0.3 is 0 Å². The van der Waals surface area contributed by atoms with Gasteiger partial charge < -0.3 is 28.8 Å². The number of aliphatic hydroxyl groups is 1. The van der Waals surface area contributed by atoms with E-state index in [4.69, 9.17) is 14.2 Å². The van der Waals surface area contributed by atoms with Crippen LogP contribution in [0.4, 0.5) is 0 Å². The van der Waals surface area contributed by atoms with Crippen LogP contribution >= 0.6 is 0 Å². The zero-order valence-electron chi connectivity index (χ0n) is 21.8. The maximum atomic E-state index is 12.6. The van der Waals surface area contributed by atoms with E-state index < -0.39 is 5.60 Å². The predicted molar refractivity (Wildman–Crippen MR) is 139 cm³/mol. The fourth-order valence-corrected chi connectivity index (χ4v) is 4.38. The summed E-state index contributed by atoms with van der Waals surface area (Å²) in [5.41, 5.74) is 0.981. The highest BCUT2D eigenvalue weighted by Crippen LogP contribution is 2.21. The normalized spacial score (nSPS) is 18.4. The Hall–Kier alpha value is -3.40. The molecule has 37 heavy (non-hydrogen) atoms. The van der Waals surface area contributed by atoms with Crippen LogP contribution in [0.3, 0.4) is 0 Å². The van der Waals surface area contributed by atoms with Crippen molar-refractivity contribution in [2.24, 2.45) is 7.05 Å². The van der Waals surface area contributed by atoms with E-state index in [1.165, 1.54) is 7.11 Å². The van der Waals surface area contributed by atoms with E-state index in [1.54, 1.807) is 11.1 Å². The lowest BCUT2D eigenvalue weighted by Gasteiger charge is -2.33. The van der Waals surface area contributed by atoms with E-state index in [-0.39, 0.29) is 25.7 Å². The number of ether oxygens (including phenoxy) is 3. The molecular weight excluding hydrogens is 472 g/mol. The second-order valence-corrected chi connectivity index (χ2v) is 9.67. The number of hydrogen-bond donors (Lipinski definition) is 1. The van der Waals surface area contributed by atoms with Gasteiger partial charge in [0.1, 0.15) is 42.7 Å². The molecule has 0 bridgehead atoms. The monoisotopic (exact) mass is 508 g/mol. The first-order valence-corrected chi connectivity index (χ1v) is 12.4. The lowest BCUT2D eigenvalue weighted by molar-refractivity contribution is -0.138. The van der Waals surface area contributed by atoms with Crippen LogP contribution < -0.4 is 9.47 Å². The molecule has 0 unspecified atom stereocenters. The second kappa shape index (κ2) is 12.2. The van der Waals surface area contributed by atoms with E-state index in [0.717, 1.165) is 22.7 Å². The van der Waals surface area contributed by atoms with Crippen molar-refractivity contribution >= 4 is 5.91 Å². The molecule has 1 aliphatic heterocycles. The van der Waals surface area contributed by atoms with Crippen molar-refractivity contribution in [1.29, 1.82) is 0 Å². The fourth-order valence-electron chi connectivity index (χ4n) is 4.38. The summed E-state index contributed by atoms with van der Waals surface area (Å²) in [5.74, 6) is 2.16. The number of nitrogens with zero attached hydrogens (tertiary/aromatic N) is 4. The Kier molecular flexibility index (Phi) is 8.81. The smallest absolute Gasteiger partial charge is 0.248 e. The quantitative estimate of drug-likeness (QED) is 0.450. The van der Waals surface area contributed by atoms with E-state index >= 15 is 0 Å². The zero-order valence-corrected chi connectivity index (χ0v) is 21.8. The molecule has 1 amide bonds. The van der Waals surface area contributed by atoms with Gasteiger partial charge in [0.05, 0.1) is 6.54 Å². The van der Waals surface area contributed by atoms with E-state index in [2.05, 4.69) is 9.88 Å². The molecule has 1 saturated heterocycles. The highest BCUT2D eigenvalue weighted by molar-refractivity contribution is 5.77. The van der Waals surface area contributed by atoms with E-state index in [0.29, 0.717) is 38.5 Å². The molecule has 198 valence electrons. The van der Waals surface area contributed by atoms with Crippen LogP contribution in [-0.2, 0) is 29.7 Å². The summed E-state index contributed by atoms with van der Waals surface area (Å²) in [6.07, 6.45) is 3.64. The largest absolute Gasteiger partial charge is 0.490 e. The molecule has 2 heterocycles. The number of carbonyl (C=O) groups excluding carboxylic acids is 1. The van der Waals surface area contributed by atoms with Crippen LogP contribution in [0.15, 0.2) is 60.9 Å². The molecule has 0 spiro atoms. The number of hydrogen-bond acceptors (Lipinski definition) is 7. The van der Waals surface area contributed by atoms with Crippen molar-refractivity contribution in [3.05, 3.63) is 77.9 Å². The molecule has 9 nitrogen and oxygen atoms in total. The van der Waals surface area contributed by atoms with Gasteiger partial charge in [-0.2, -0.15) is 0 Å². The second-order valence-electron chi connectivity index (χ2n) is 9.67. The van der Waals surface area contributed by atoms with Crippen LogP contribution in [0.1, 0.15) is 17.0 Å². The number of benzene rings is 2. The summed E-state index contributed by atoms with van der Waals surface area (Å²) in [6.45, 7) is 4.76. The first kappa shape index (κ1) is 26.7. The van der Waals surface area contributed by atoms with Crippen molar-refractivity contribution in [3.63, 3.8) is 0 Å². The minimum absolute atomic E-state index is 0.0192. The van der Waals surface area contributed by atoms with Gasteiger partial charge in [-0.1, -0.05) is 29.8 Å². The number of aryl methyl sites for hydroxylation is 2. The van der Waals surface area contributed by atoms with Crippen molar-refractivity contribution in [2.75, 3.05) is 46.5 Å². The molecule has 3 aromatic rings. The first-order chi connectivity index (χ1) is 17.8. The number of rotatable bonds is 10. The third-order valence-corrected chi connectivity index (χ3v) is 6.46. The SMILES string of the molecule is COCC(=O)N1CCN(Cc2ccc(OCc3nccn3C)cc2)C[C@](O)(COc2ccc(C)cc2)C1. The number of methoxy groups -OCH3 is 1. The lowest BCUT2D eigenvalue weighted by atomic mass is 10.0. The first-order valence-electron chi connectivity index (χ1n) is 12.4. The Bertz CT molecular complexity index is 1150. The highest BCUT2D eigenvalue weighted by Gasteiger charge is 2.37. The minimum Gasteiger partial charge on any atom is -0.490 e. The number of amides is 1. The van der Waals surface area contributed by atoms with Crippen LogP contribution in [0.2, 0.25) is 0 Å². The standard InChI is InChI=1S/C28H36N4O5/c1-22-4-8-25(9-5-22)37-21-28(34)19-31(14-15-32(20-28)27(33)18-35-3)16-23-6-10-24(11-7-23)36-17-26-29-12-13-30(26)2/h4-13,34H,14-21H2,1-3H3/t28-/m1/s1. The number of aromatic nitrogens is 2. The van der Waals surface area contributed by atoms with Crippen LogP contribution in [-0.4, -0.2) is 82.5 Å². The molecule has 0 aliphatic carbocycles. The third-order valence-electron chi connectivity index (χ3n) is 6.46. The summed E-state index contributed by atoms with van der Waals surface area (Å²) >= 11 is 0. The zero-order chi connectivity index (χ0) is 26.3. The van der Waals surface area contributed by atoms with E-state index in [9.17, 15) is 9.90 Å². The summed E-state index contributed by atoms with van der Waals surface area (Å²) < 4.78 is 18.8. The topological polar surface area (TPSA) is 89.3 Å². The molecule has 4 rings (SSSR count). The Morgan fingerprint density at radius 1 is 1.03 bits per heavy atom. The minimum atomic E-state index is -1.24. The molecule has 1 aliphatic rings. The molecule has 0 saturated carbocycles. The van der Waals surface area contributed by atoms with Gasteiger partial charge in [0.15, 0.2) is 0 Å². The van der Waals surface area contributed by atoms with Gasteiger partial charge in [-0.15, -0.1) is 0 Å². The van der Waals surface area contributed by atoms with Gasteiger partial charge in [-0.25, -0.2) is 4.98 Å². The van der Waals surface area contributed by atoms with Gasteiger partial charge in [0.2, 0.25) is 5.91 Å². The maximum absolute atomic E-state index is 12.6. The third kappa shape index (κ3) is 7.55. The summed E-state index contributed by atoms with van der Waals surface area (Å²) in [4.78, 5) is 20.7. The molecule has 2 aromatic carbocycles. The Morgan fingerprint density at radius 2 is 1.73 bits per heavy atom. The number of β-amino-alcohol motifs (C(OH)–C–C–N with tert-alkyl or cyclic N) is 1. The van der Waals surface area contributed by atoms with Crippen molar-refractivity contribution in [1.82, 2.24) is 19.4 Å². The molecular formula is C28H36N4O5. The highest BCUT2D eigenvalue weighted by atomic mass is 16.5. The number of carbonyl (C=O) groups is 1. The van der Waals surface area contributed by atoms with Gasteiger partial charge in [-0.3, -0.25) is 9.69 Å². The van der Waals surface area contributed by atoms with Gasteiger partial charge in [0.25, 0.3) is 0 Å². The van der Waals surface area contributed by atoms with Crippen molar-refractivity contribution < 1.29 is 24.1 Å². The molecule has 1 N–H and O–H groups in total. The van der Waals surface area contributed by atoms with E-state index in [1.807, 2.05) is 73.3 Å². The van der Waals surface area contributed by atoms with Crippen molar-refractivity contribution in [3.8, 4) is 11.5 Å². The Morgan fingerprint density at radius 3 is 2.41 bits per heavy atom. The number of imidazole rings is 1. The summed E-state index contributed by atoms with van der Waals surface area (Å²) in [6, 6.07) is 15.6. The van der Waals surface area contributed by atoms with Crippen LogP contribution in [0, 0.1) is 6.92 Å². The maximum Gasteiger partial charge on any atom is 0.248 e. The predicted octanol–water partition coefficient (Wildman–Crippen LogP) is 2.41. The van der Waals surface area contributed by atoms with Gasteiger partial charge in [-0.05, 0) is 36.8 Å². The molecule has 1 fully saturated rings.